The van der Waals surface area contributed by atoms with Crippen molar-refractivity contribution in [3.63, 3.8) is 0 Å². The maximum absolute atomic E-state index is 13.1. The van der Waals surface area contributed by atoms with Crippen molar-refractivity contribution in [1.82, 2.24) is 10.2 Å². The van der Waals surface area contributed by atoms with Crippen molar-refractivity contribution in [2.45, 2.75) is 51.0 Å². The van der Waals surface area contributed by atoms with E-state index in [1.807, 2.05) is 31.2 Å². The van der Waals surface area contributed by atoms with Gasteiger partial charge in [0.05, 0.1) is 5.41 Å². The molecule has 184 valence electrons. The van der Waals surface area contributed by atoms with Crippen LogP contribution in [0.2, 0.25) is 0 Å². The molecule has 7 nitrogen and oxygen atoms in total. The molecule has 1 aliphatic heterocycles. The molecule has 1 saturated carbocycles. The molecule has 1 heterocycles. The van der Waals surface area contributed by atoms with Crippen molar-refractivity contribution >= 4 is 18.0 Å². The molecule has 2 amide bonds. The lowest BCUT2D eigenvalue weighted by Crippen LogP contribution is -2.45. The molecular formula is C28H32N2O5. The first kappa shape index (κ1) is 23.4. The molecule has 0 bridgehead atoms. The molecule has 2 fully saturated rings. The molecule has 0 spiro atoms. The van der Waals surface area contributed by atoms with E-state index in [1.54, 1.807) is 4.90 Å². The van der Waals surface area contributed by atoms with Crippen LogP contribution < -0.4 is 5.32 Å². The van der Waals surface area contributed by atoms with Crippen LogP contribution in [0.1, 0.15) is 56.1 Å². The van der Waals surface area contributed by atoms with Gasteiger partial charge in [0.1, 0.15) is 6.61 Å². The van der Waals surface area contributed by atoms with E-state index in [9.17, 15) is 19.5 Å². The maximum atomic E-state index is 13.1. The van der Waals surface area contributed by atoms with Gasteiger partial charge >= 0.3 is 12.1 Å². The van der Waals surface area contributed by atoms with Crippen LogP contribution in [0.25, 0.3) is 11.1 Å². The highest BCUT2D eigenvalue weighted by atomic mass is 16.5. The number of hydrogen-bond acceptors (Lipinski definition) is 4. The predicted octanol–water partition coefficient (Wildman–Crippen LogP) is 4.41. The molecule has 2 aromatic carbocycles. The number of hydrogen-bond donors (Lipinski definition) is 2. The summed E-state index contributed by atoms with van der Waals surface area (Å²) in [6.45, 7) is 2.92. The second-order valence-electron chi connectivity index (χ2n) is 10.1. The number of nitrogens with one attached hydrogen (secondary N) is 1. The molecule has 0 radical (unpaired) electrons. The molecule has 2 aromatic rings. The number of rotatable bonds is 7. The van der Waals surface area contributed by atoms with Crippen LogP contribution in [0.4, 0.5) is 4.79 Å². The van der Waals surface area contributed by atoms with Crippen LogP contribution in [0.15, 0.2) is 48.5 Å². The lowest BCUT2D eigenvalue weighted by molar-refractivity contribution is -0.150. The van der Waals surface area contributed by atoms with Crippen molar-refractivity contribution < 1.29 is 24.2 Å². The van der Waals surface area contributed by atoms with Crippen molar-refractivity contribution in [3.8, 4) is 11.1 Å². The summed E-state index contributed by atoms with van der Waals surface area (Å²) in [5, 5.41) is 12.5. The van der Waals surface area contributed by atoms with E-state index in [-0.39, 0.29) is 30.4 Å². The molecular weight excluding hydrogens is 444 g/mol. The summed E-state index contributed by atoms with van der Waals surface area (Å²) in [6.07, 6.45) is 2.76. The summed E-state index contributed by atoms with van der Waals surface area (Å²) in [5.41, 5.74) is 3.92. The van der Waals surface area contributed by atoms with E-state index in [0.29, 0.717) is 32.4 Å². The van der Waals surface area contributed by atoms with E-state index in [2.05, 4.69) is 29.6 Å². The highest BCUT2D eigenvalue weighted by Gasteiger charge is 2.56. The first-order valence-electron chi connectivity index (χ1n) is 12.5. The summed E-state index contributed by atoms with van der Waals surface area (Å²) in [4.78, 5) is 39.1. The molecule has 0 aromatic heterocycles. The van der Waals surface area contributed by atoms with Gasteiger partial charge in [0, 0.05) is 31.0 Å². The number of ether oxygens (including phenoxy) is 1. The zero-order chi connectivity index (χ0) is 24.6. The third kappa shape index (κ3) is 4.07. The minimum absolute atomic E-state index is 0.00438. The smallest absolute Gasteiger partial charge is 0.407 e. The molecule has 3 aliphatic rings. The molecule has 1 saturated heterocycles. The molecule has 35 heavy (non-hydrogen) atoms. The van der Waals surface area contributed by atoms with Crippen LogP contribution >= 0.6 is 0 Å². The van der Waals surface area contributed by atoms with Gasteiger partial charge in [-0.3, -0.25) is 9.59 Å². The van der Waals surface area contributed by atoms with Crippen LogP contribution in [-0.4, -0.2) is 53.7 Å². The topological polar surface area (TPSA) is 95.9 Å². The quantitative estimate of drug-likeness (QED) is 0.617. The Morgan fingerprint density at radius 2 is 1.74 bits per heavy atom. The maximum Gasteiger partial charge on any atom is 0.407 e. The summed E-state index contributed by atoms with van der Waals surface area (Å²) in [5.74, 6) is -1.09. The number of amides is 2. The Balaban J connectivity index is 1.11. The van der Waals surface area contributed by atoms with Gasteiger partial charge in [-0.05, 0) is 47.9 Å². The van der Waals surface area contributed by atoms with Gasteiger partial charge in [-0.15, -0.1) is 0 Å². The molecule has 3 unspecified atom stereocenters. The number of alkyl carbamates (subject to hydrolysis) is 1. The van der Waals surface area contributed by atoms with E-state index in [1.165, 1.54) is 11.1 Å². The average Bonchev–Trinajstić information content (AvgIpc) is 3.53. The molecule has 2 aliphatic carbocycles. The average molecular weight is 477 g/mol. The molecule has 3 atom stereocenters. The lowest BCUT2D eigenvalue weighted by Gasteiger charge is -2.30. The Bertz CT molecular complexity index is 1100. The summed E-state index contributed by atoms with van der Waals surface area (Å²) < 4.78 is 5.57. The van der Waals surface area contributed by atoms with Gasteiger partial charge in [0.25, 0.3) is 0 Å². The van der Waals surface area contributed by atoms with Gasteiger partial charge in [-0.2, -0.15) is 0 Å². The Morgan fingerprint density at radius 3 is 2.40 bits per heavy atom. The lowest BCUT2D eigenvalue weighted by atomic mass is 9.82. The monoisotopic (exact) mass is 476 g/mol. The van der Waals surface area contributed by atoms with Gasteiger partial charge in [-0.25, -0.2) is 4.79 Å². The zero-order valence-corrected chi connectivity index (χ0v) is 20.0. The first-order valence-corrected chi connectivity index (χ1v) is 12.5. The van der Waals surface area contributed by atoms with Crippen LogP contribution in [0.5, 0.6) is 0 Å². The largest absolute Gasteiger partial charge is 0.481 e. The third-order valence-electron chi connectivity index (χ3n) is 8.23. The van der Waals surface area contributed by atoms with E-state index in [0.717, 1.165) is 24.0 Å². The second-order valence-corrected chi connectivity index (χ2v) is 10.1. The number of benzene rings is 2. The summed E-state index contributed by atoms with van der Waals surface area (Å²) >= 11 is 0. The van der Waals surface area contributed by atoms with Gasteiger partial charge in [-0.1, -0.05) is 61.9 Å². The van der Waals surface area contributed by atoms with Crippen molar-refractivity contribution in [1.29, 1.82) is 0 Å². The van der Waals surface area contributed by atoms with Crippen LogP contribution in [0, 0.1) is 11.3 Å². The van der Waals surface area contributed by atoms with Crippen LogP contribution in [0.3, 0.4) is 0 Å². The predicted molar refractivity (Wildman–Crippen MR) is 131 cm³/mol. The Hall–Kier alpha value is -3.35. The van der Waals surface area contributed by atoms with Gasteiger partial charge < -0.3 is 20.1 Å². The highest BCUT2D eigenvalue weighted by Crippen LogP contribution is 2.49. The number of fused-ring (bicyclic) bond motifs is 4. The molecule has 2 N–H and O–H groups in total. The number of aliphatic carboxylic acids is 1. The Kier molecular flexibility index (Phi) is 6.26. The molecule has 5 rings (SSSR count). The minimum atomic E-state index is -0.778. The number of nitrogens with zero attached hydrogens (tertiary/aromatic N) is 1. The van der Waals surface area contributed by atoms with E-state index < -0.39 is 17.5 Å². The van der Waals surface area contributed by atoms with E-state index in [4.69, 9.17) is 4.74 Å². The number of likely N-dealkylation sites (tertiary alicyclic amines) is 1. The summed E-state index contributed by atoms with van der Waals surface area (Å²) in [7, 11) is 0. The number of carbonyl (C=O) groups is 3. The normalized spacial score (nSPS) is 23.3. The number of carboxylic acid groups (broad SMARTS) is 1. The second kappa shape index (κ2) is 9.36. The standard InChI is InChI=1S/C28H32N2O5/c1-18(25(31)30-16-14-28(26(32)33)13-6-11-24(28)30)12-15-29-27(34)35-17-23-21-9-4-2-7-19(21)20-8-3-5-10-22(20)23/h2-5,7-10,18,23-24H,6,11-17H2,1H3,(H,29,34)(H,32,33). The van der Waals surface area contributed by atoms with Crippen molar-refractivity contribution in [2.75, 3.05) is 19.7 Å². The fraction of sp³-hybridized carbons (Fsp3) is 0.464. The number of carboxylic acids is 1. The zero-order valence-electron chi connectivity index (χ0n) is 20.0. The third-order valence-corrected chi connectivity index (χ3v) is 8.23. The van der Waals surface area contributed by atoms with Crippen molar-refractivity contribution in [2.24, 2.45) is 11.3 Å². The van der Waals surface area contributed by atoms with Crippen LogP contribution in [-0.2, 0) is 14.3 Å². The Labute approximate surface area is 205 Å². The Morgan fingerprint density at radius 1 is 1.09 bits per heavy atom. The highest BCUT2D eigenvalue weighted by molar-refractivity contribution is 5.83. The minimum Gasteiger partial charge on any atom is -0.481 e. The fourth-order valence-electron chi connectivity index (χ4n) is 6.34. The summed E-state index contributed by atoms with van der Waals surface area (Å²) in [6, 6.07) is 16.2. The molecule has 7 heteroatoms. The number of carbonyl (C=O) groups excluding carboxylic acids is 2. The van der Waals surface area contributed by atoms with E-state index >= 15 is 0 Å². The van der Waals surface area contributed by atoms with Crippen molar-refractivity contribution in [3.05, 3.63) is 59.7 Å². The fourth-order valence-corrected chi connectivity index (χ4v) is 6.34. The van der Waals surface area contributed by atoms with Gasteiger partial charge in [0.15, 0.2) is 0 Å². The SMILES string of the molecule is CC(CCNC(=O)OCC1c2ccccc2-c2ccccc21)C(=O)N1CCC2(C(=O)O)CCCC12. The first-order chi connectivity index (χ1) is 16.9. The van der Waals surface area contributed by atoms with Gasteiger partial charge in [0.2, 0.25) is 5.91 Å².